The molecule has 4 nitrogen and oxygen atoms in total. The number of aliphatic hydroxyl groups excluding tert-OH is 1. The second kappa shape index (κ2) is 6.17. The Labute approximate surface area is 93.5 Å². The van der Waals surface area contributed by atoms with Crippen molar-refractivity contribution in [1.82, 2.24) is 10.3 Å². The van der Waals surface area contributed by atoms with Crippen LogP contribution < -0.4 is 5.32 Å². The minimum atomic E-state index is -0.560. The summed E-state index contributed by atoms with van der Waals surface area (Å²) in [4.78, 5) is 15.0. The second-order valence-corrected chi connectivity index (χ2v) is 3.54. The molecule has 1 aromatic rings. The van der Waals surface area contributed by atoms with Crippen LogP contribution in [0.5, 0.6) is 0 Å². The molecule has 1 heterocycles. The highest BCUT2D eigenvalue weighted by atomic mass is 19.1. The minimum absolute atomic E-state index is 0.156. The van der Waals surface area contributed by atoms with E-state index in [4.69, 9.17) is 0 Å². The van der Waals surface area contributed by atoms with Gasteiger partial charge in [0.15, 0.2) is 0 Å². The Morgan fingerprint density at radius 2 is 2.38 bits per heavy atom. The molecule has 0 bridgehead atoms. The van der Waals surface area contributed by atoms with Gasteiger partial charge in [-0.15, -0.1) is 0 Å². The number of rotatable bonds is 5. The zero-order valence-corrected chi connectivity index (χ0v) is 9.11. The summed E-state index contributed by atoms with van der Waals surface area (Å²) >= 11 is 0. The lowest BCUT2D eigenvalue weighted by atomic mass is 10.2. The van der Waals surface area contributed by atoms with Gasteiger partial charge in [0.1, 0.15) is 5.82 Å². The Balaban J connectivity index is 2.47. The van der Waals surface area contributed by atoms with Crippen LogP contribution in [0.3, 0.4) is 0 Å². The quantitative estimate of drug-likeness (QED) is 0.790. The third-order valence-corrected chi connectivity index (χ3v) is 2.09. The number of nitrogens with zero attached hydrogens (tertiary/aromatic N) is 1. The molecule has 2 N–H and O–H groups in total. The molecular weight excluding hydrogens is 211 g/mol. The largest absolute Gasteiger partial charge is 0.391 e. The zero-order valence-electron chi connectivity index (χ0n) is 9.11. The summed E-state index contributed by atoms with van der Waals surface area (Å²) in [5.74, 6) is -0.982. The molecule has 0 spiro atoms. The Morgan fingerprint density at radius 3 is 3.00 bits per heavy atom. The number of hydrogen-bond acceptors (Lipinski definition) is 3. The van der Waals surface area contributed by atoms with Crippen molar-refractivity contribution in [3.05, 3.63) is 29.8 Å². The molecule has 0 aliphatic heterocycles. The van der Waals surface area contributed by atoms with Crippen LogP contribution in [0.2, 0.25) is 0 Å². The van der Waals surface area contributed by atoms with Crippen molar-refractivity contribution >= 4 is 5.91 Å². The molecule has 1 atom stereocenters. The summed E-state index contributed by atoms with van der Waals surface area (Å²) < 4.78 is 12.8. The van der Waals surface area contributed by atoms with Crippen LogP contribution in [-0.4, -0.2) is 28.6 Å². The van der Waals surface area contributed by atoms with Crippen molar-refractivity contribution in [1.29, 1.82) is 0 Å². The third-order valence-electron chi connectivity index (χ3n) is 2.09. The highest BCUT2D eigenvalue weighted by Gasteiger charge is 2.09. The number of halogens is 1. The Kier molecular flexibility index (Phi) is 4.85. The smallest absolute Gasteiger partial charge is 0.253 e. The van der Waals surface area contributed by atoms with Crippen LogP contribution in [-0.2, 0) is 0 Å². The molecule has 88 valence electrons. The van der Waals surface area contributed by atoms with Gasteiger partial charge in [0.2, 0.25) is 0 Å². The minimum Gasteiger partial charge on any atom is -0.391 e. The molecule has 1 rings (SSSR count). The van der Waals surface area contributed by atoms with Gasteiger partial charge in [0.05, 0.1) is 17.9 Å². The van der Waals surface area contributed by atoms with Gasteiger partial charge in [-0.3, -0.25) is 9.78 Å². The normalized spacial score (nSPS) is 12.2. The number of carbonyl (C=O) groups is 1. The first-order chi connectivity index (χ1) is 7.63. The van der Waals surface area contributed by atoms with Crippen LogP contribution >= 0.6 is 0 Å². The van der Waals surface area contributed by atoms with Crippen LogP contribution in [0, 0.1) is 5.82 Å². The van der Waals surface area contributed by atoms with Gasteiger partial charge in [-0.05, 0) is 12.5 Å². The van der Waals surface area contributed by atoms with E-state index in [9.17, 15) is 14.3 Å². The SMILES string of the molecule is CCCC(O)CNC(=O)c1cncc(F)c1. The Hall–Kier alpha value is -1.49. The number of amides is 1. The van der Waals surface area contributed by atoms with Crippen molar-refractivity contribution in [2.24, 2.45) is 0 Å². The first-order valence-corrected chi connectivity index (χ1v) is 5.20. The Bertz CT molecular complexity index is 358. The number of aromatic nitrogens is 1. The average molecular weight is 226 g/mol. The monoisotopic (exact) mass is 226 g/mol. The molecule has 0 saturated carbocycles. The topological polar surface area (TPSA) is 62.2 Å². The van der Waals surface area contributed by atoms with Crippen molar-refractivity contribution in [2.45, 2.75) is 25.9 Å². The predicted octanol–water partition coefficient (Wildman–Crippen LogP) is 1.11. The maximum Gasteiger partial charge on any atom is 0.253 e. The number of pyridine rings is 1. The van der Waals surface area contributed by atoms with Gasteiger partial charge in [-0.25, -0.2) is 4.39 Å². The maximum atomic E-state index is 12.8. The zero-order chi connectivity index (χ0) is 12.0. The van der Waals surface area contributed by atoms with E-state index in [0.29, 0.717) is 6.42 Å². The van der Waals surface area contributed by atoms with Crippen LogP contribution in [0.1, 0.15) is 30.1 Å². The lowest BCUT2D eigenvalue weighted by molar-refractivity contribution is 0.0909. The van der Waals surface area contributed by atoms with E-state index in [-0.39, 0.29) is 12.1 Å². The molecule has 0 radical (unpaired) electrons. The van der Waals surface area contributed by atoms with Gasteiger partial charge in [-0.2, -0.15) is 0 Å². The molecule has 1 unspecified atom stereocenters. The number of aliphatic hydroxyl groups is 1. The molecule has 0 aliphatic rings. The fourth-order valence-electron chi connectivity index (χ4n) is 1.28. The van der Waals surface area contributed by atoms with E-state index in [1.165, 1.54) is 6.20 Å². The van der Waals surface area contributed by atoms with Crippen LogP contribution in [0.4, 0.5) is 4.39 Å². The van der Waals surface area contributed by atoms with Crippen molar-refractivity contribution in [2.75, 3.05) is 6.54 Å². The van der Waals surface area contributed by atoms with Crippen molar-refractivity contribution in [3.63, 3.8) is 0 Å². The van der Waals surface area contributed by atoms with Gasteiger partial charge in [0.25, 0.3) is 5.91 Å². The maximum absolute atomic E-state index is 12.8. The standard InChI is InChI=1S/C11H15FN2O2/c1-2-3-10(15)7-14-11(16)8-4-9(12)6-13-5-8/h4-6,10,15H,2-3,7H2,1H3,(H,14,16). The lowest BCUT2D eigenvalue weighted by Gasteiger charge is -2.10. The first kappa shape index (κ1) is 12.6. The van der Waals surface area contributed by atoms with E-state index < -0.39 is 17.8 Å². The fraction of sp³-hybridized carbons (Fsp3) is 0.455. The Morgan fingerprint density at radius 1 is 1.62 bits per heavy atom. The lowest BCUT2D eigenvalue weighted by Crippen LogP contribution is -2.32. The van der Waals surface area contributed by atoms with Gasteiger partial charge < -0.3 is 10.4 Å². The van der Waals surface area contributed by atoms with Crippen LogP contribution in [0.25, 0.3) is 0 Å². The molecule has 16 heavy (non-hydrogen) atoms. The summed E-state index contributed by atoms with van der Waals surface area (Å²) in [5, 5.41) is 11.9. The fourth-order valence-corrected chi connectivity index (χ4v) is 1.28. The third kappa shape index (κ3) is 3.94. The molecule has 1 aromatic heterocycles. The summed E-state index contributed by atoms with van der Waals surface area (Å²) in [6.07, 6.45) is 3.23. The van der Waals surface area contributed by atoms with E-state index >= 15 is 0 Å². The molecule has 0 aliphatic carbocycles. The summed E-state index contributed by atoms with van der Waals surface area (Å²) in [6, 6.07) is 1.11. The van der Waals surface area contributed by atoms with E-state index in [1.54, 1.807) is 0 Å². The molecule has 5 heteroatoms. The summed E-state index contributed by atoms with van der Waals surface area (Å²) in [5.41, 5.74) is 0.156. The number of carbonyl (C=O) groups excluding carboxylic acids is 1. The highest BCUT2D eigenvalue weighted by molar-refractivity contribution is 5.93. The summed E-state index contributed by atoms with van der Waals surface area (Å²) in [7, 11) is 0. The van der Waals surface area contributed by atoms with Crippen molar-refractivity contribution in [3.8, 4) is 0 Å². The van der Waals surface area contributed by atoms with E-state index in [2.05, 4.69) is 10.3 Å². The summed E-state index contributed by atoms with van der Waals surface area (Å²) in [6.45, 7) is 2.12. The first-order valence-electron chi connectivity index (χ1n) is 5.20. The van der Waals surface area contributed by atoms with Crippen LogP contribution in [0.15, 0.2) is 18.5 Å². The van der Waals surface area contributed by atoms with Gasteiger partial charge in [0, 0.05) is 12.7 Å². The van der Waals surface area contributed by atoms with E-state index in [1.807, 2.05) is 6.92 Å². The predicted molar refractivity (Wildman–Crippen MR) is 57.4 cm³/mol. The van der Waals surface area contributed by atoms with Crippen molar-refractivity contribution < 1.29 is 14.3 Å². The molecule has 0 saturated heterocycles. The number of nitrogens with one attached hydrogen (secondary N) is 1. The molecular formula is C11H15FN2O2. The van der Waals surface area contributed by atoms with Gasteiger partial charge >= 0.3 is 0 Å². The second-order valence-electron chi connectivity index (χ2n) is 3.54. The molecule has 1 amide bonds. The molecule has 0 aromatic carbocycles. The molecule has 0 fully saturated rings. The number of hydrogen-bond donors (Lipinski definition) is 2. The van der Waals surface area contributed by atoms with Gasteiger partial charge in [-0.1, -0.05) is 13.3 Å². The van der Waals surface area contributed by atoms with E-state index in [0.717, 1.165) is 18.7 Å². The average Bonchev–Trinajstić information content (AvgIpc) is 2.26. The highest BCUT2D eigenvalue weighted by Crippen LogP contribution is 2.01.